The Balaban J connectivity index is 1.82. The second-order valence-corrected chi connectivity index (χ2v) is 6.22. The van der Waals surface area contributed by atoms with Crippen molar-refractivity contribution in [2.75, 3.05) is 13.1 Å². The third kappa shape index (κ3) is 3.40. The average molecular weight is 254 g/mol. The van der Waals surface area contributed by atoms with Crippen LogP contribution in [0.3, 0.4) is 0 Å². The van der Waals surface area contributed by atoms with Gasteiger partial charge in [-0.05, 0) is 31.9 Å². The van der Waals surface area contributed by atoms with E-state index in [1.807, 2.05) is 24.0 Å². The molecule has 0 spiro atoms. The third-order valence-corrected chi connectivity index (χ3v) is 4.54. The number of pyridine rings is 1. The number of rotatable bonds is 3. The van der Waals surface area contributed by atoms with Crippen molar-refractivity contribution >= 4 is 24.4 Å². The van der Waals surface area contributed by atoms with E-state index in [0.29, 0.717) is 5.37 Å². The van der Waals surface area contributed by atoms with Crippen molar-refractivity contribution in [2.45, 2.75) is 35.4 Å². The molecule has 1 unspecified atom stereocenters. The number of hydrogen-bond acceptors (Lipinski definition) is 4. The summed E-state index contributed by atoms with van der Waals surface area (Å²) in [5, 5.41) is 2.26. The monoisotopic (exact) mass is 254 g/mol. The highest BCUT2D eigenvalue weighted by molar-refractivity contribution is 7.99. The lowest BCUT2D eigenvalue weighted by molar-refractivity contribution is 0.227. The van der Waals surface area contributed by atoms with E-state index < -0.39 is 0 Å². The number of thioether (sulfide) groups is 1. The zero-order chi connectivity index (χ0) is 11.4. The van der Waals surface area contributed by atoms with Crippen molar-refractivity contribution in [1.29, 1.82) is 0 Å². The molecular weight excluding hydrogens is 236 g/mol. The highest BCUT2D eigenvalue weighted by Crippen LogP contribution is 2.29. The van der Waals surface area contributed by atoms with E-state index in [2.05, 4.69) is 41.6 Å². The van der Waals surface area contributed by atoms with E-state index in [1.165, 1.54) is 12.8 Å². The van der Waals surface area contributed by atoms with Gasteiger partial charge in [-0.1, -0.05) is 6.07 Å². The quantitative estimate of drug-likeness (QED) is 0.836. The maximum atomic E-state index is 4.48. The van der Waals surface area contributed by atoms with Crippen molar-refractivity contribution in [3.05, 3.63) is 24.4 Å². The molecule has 4 heteroatoms. The third-order valence-electron chi connectivity index (χ3n) is 2.93. The summed E-state index contributed by atoms with van der Waals surface area (Å²) in [6.07, 6.45) is 4.35. The first-order valence-corrected chi connectivity index (χ1v) is 7.15. The van der Waals surface area contributed by atoms with Crippen LogP contribution in [0.4, 0.5) is 0 Å². The van der Waals surface area contributed by atoms with Crippen LogP contribution in [0.15, 0.2) is 29.4 Å². The summed E-state index contributed by atoms with van der Waals surface area (Å²) in [6.45, 7) is 4.47. The number of aromatic nitrogens is 1. The maximum absolute atomic E-state index is 4.48. The van der Waals surface area contributed by atoms with E-state index in [-0.39, 0.29) is 0 Å². The van der Waals surface area contributed by atoms with Crippen LogP contribution in [0.25, 0.3) is 0 Å². The number of nitrogens with zero attached hydrogens (tertiary/aromatic N) is 2. The lowest BCUT2D eigenvalue weighted by Gasteiger charge is -2.33. The van der Waals surface area contributed by atoms with E-state index in [9.17, 15) is 0 Å². The minimum absolute atomic E-state index is 0.390. The van der Waals surface area contributed by atoms with Crippen LogP contribution in [0, 0.1) is 0 Å². The molecule has 0 radical (unpaired) electrons. The molecular formula is C12H18N2S2. The smallest absolute Gasteiger partial charge is 0.0962 e. The van der Waals surface area contributed by atoms with Crippen molar-refractivity contribution in [1.82, 2.24) is 9.88 Å². The number of hydrogen-bond donors (Lipinski definition) is 1. The normalized spacial score (nSPS) is 20.9. The summed E-state index contributed by atoms with van der Waals surface area (Å²) in [5.74, 6) is 0. The highest BCUT2D eigenvalue weighted by Gasteiger charge is 2.21. The second kappa shape index (κ2) is 5.94. The minimum atomic E-state index is 0.390. The zero-order valence-electron chi connectivity index (χ0n) is 9.54. The molecule has 16 heavy (non-hydrogen) atoms. The van der Waals surface area contributed by atoms with Crippen LogP contribution in [-0.4, -0.2) is 33.6 Å². The van der Waals surface area contributed by atoms with Gasteiger partial charge in [-0.15, -0.1) is 11.8 Å². The number of thiol groups is 1. The van der Waals surface area contributed by atoms with Gasteiger partial charge in [0.1, 0.15) is 0 Å². The summed E-state index contributed by atoms with van der Waals surface area (Å²) < 4.78 is 0. The van der Waals surface area contributed by atoms with Crippen molar-refractivity contribution < 1.29 is 0 Å². The molecule has 88 valence electrons. The Morgan fingerprint density at radius 2 is 2.19 bits per heavy atom. The van der Waals surface area contributed by atoms with Gasteiger partial charge in [0.2, 0.25) is 0 Å². The number of piperidine rings is 1. The lowest BCUT2D eigenvalue weighted by Crippen LogP contribution is -2.38. The van der Waals surface area contributed by atoms with E-state index in [0.717, 1.165) is 23.4 Å². The Kier molecular flexibility index (Phi) is 4.55. The largest absolute Gasteiger partial charge is 0.292 e. The molecule has 0 aromatic carbocycles. The number of likely N-dealkylation sites (tertiary alicyclic amines) is 1. The molecule has 0 aliphatic carbocycles. The van der Waals surface area contributed by atoms with Gasteiger partial charge in [0.25, 0.3) is 0 Å². The van der Waals surface area contributed by atoms with E-state index >= 15 is 0 Å². The molecule has 1 aromatic heterocycles. The maximum Gasteiger partial charge on any atom is 0.0962 e. The molecule has 0 N–H and O–H groups in total. The van der Waals surface area contributed by atoms with Crippen LogP contribution in [0.1, 0.15) is 19.8 Å². The summed E-state index contributed by atoms with van der Waals surface area (Å²) >= 11 is 6.39. The first-order chi connectivity index (χ1) is 7.75. The Hall–Kier alpha value is -0.190. The summed E-state index contributed by atoms with van der Waals surface area (Å²) in [4.78, 5) is 6.79. The molecule has 0 bridgehead atoms. The van der Waals surface area contributed by atoms with Gasteiger partial charge >= 0.3 is 0 Å². The Bertz CT molecular complexity index is 308. The van der Waals surface area contributed by atoms with Gasteiger partial charge in [-0.2, -0.15) is 12.6 Å². The molecule has 2 nitrogen and oxygen atoms in total. The Morgan fingerprint density at radius 1 is 1.44 bits per heavy atom. The Labute approximate surface area is 107 Å². The molecule has 2 heterocycles. The van der Waals surface area contributed by atoms with E-state index in [4.69, 9.17) is 0 Å². The van der Waals surface area contributed by atoms with Crippen LogP contribution < -0.4 is 0 Å². The zero-order valence-corrected chi connectivity index (χ0v) is 11.3. The van der Waals surface area contributed by atoms with Gasteiger partial charge in [0.05, 0.1) is 5.03 Å². The standard InChI is InChI=1S/C12H18N2S2/c1-10(15)14-8-5-11(6-9-14)16-12-4-2-3-7-13-12/h2-4,7,10-11,15H,5-6,8-9H2,1H3. The summed E-state index contributed by atoms with van der Waals surface area (Å²) in [7, 11) is 0. The minimum Gasteiger partial charge on any atom is -0.292 e. The molecule has 1 aromatic rings. The SMILES string of the molecule is CC(S)N1CCC(Sc2ccccn2)CC1. The predicted octanol–water partition coefficient (Wildman–Crippen LogP) is 2.91. The van der Waals surface area contributed by atoms with Crippen LogP contribution in [-0.2, 0) is 0 Å². The lowest BCUT2D eigenvalue weighted by atomic mass is 10.1. The summed E-state index contributed by atoms with van der Waals surface area (Å²) in [5.41, 5.74) is 0. The van der Waals surface area contributed by atoms with Crippen molar-refractivity contribution in [3.63, 3.8) is 0 Å². The topological polar surface area (TPSA) is 16.1 Å². The van der Waals surface area contributed by atoms with Crippen LogP contribution in [0.2, 0.25) is 0 Å². The molecule has 2 rings (SSSR count). The molecule has 1 aliphatic heterocycles. The fourth-order valence-electron chi connectivity index (χ4n) is 1.95. The van der Waals surface area contributed by atoms with Crippen LogP contribution >= 0.6 is 24.4 Å². The van der Waals surface area contributed by atoms with Crippen LogP contribution in [0.5, 0.6) is 0 Å². The molecule has 0 saturated carbocycles. The molecule has 1 aliphatic rings. The molecule has 1 saturated heterocycles. The summed E-state index contributed by atoms with van der Waals surface area (Å²) in [6, 6.07) is 6.12. The van der Waals surface area contributed by atoms with Gasteiger partial charge in [-0.25, -0.2) is 4.98 Å². The van der Waals surface area contributed by atoms with Crippen molar-refractivity contribution in [3.8, 4) is 0 Å². The molecule has 0 amide bonds. The van der Waals surface area contributed by atoms with Crippen molar-refractivity contribution in [2.24, 2.45) is 0 Å². The first kappa shape index (κ1) is 12.3. The molecule has 1 atom stereocenters. The predicted molar refractivity (Wildman–Crippen MR) is 73.1 cm³/mol. The Morgan fingerprint density at radius 3 is 2.75 bits per heavy atom. The fourth-order valence-corrected chi connectivity index (χ4v) is 3.25. The molecule has 1 fully saturated rings. The van der Waals surface area contributed by atoms with Gasteiger partial charge in [0, 0.05) is 29.9 Å². The fraction of sp³-hybridized carbons (Fsp3) is 0.583. The highest BCUT2D eigenvalue weighted by atomic mass is 32.2. The van der Waals surface area contributed by atoms with Gasteiger partial charge in [-0.3, -0.25) is 4.90 Å². The van der Waals surface area contributed by atoms with Gasteiger partial charge < -0.3 is 0 Å². The second-order valence-electron chi connectivity index (χ2n) is 4.15. The van der Waals surface area contributed by atoms with E-state index in [1.54, 1.807) is 0 Å². The average Bonchev–Trinajstić information content (AvgIpc) is 2.31. The first-order valence-electron chi connectivity index (χ1n) is 5.75. The van der Waals surface area contributed by atoms with Gasteiger partial charge in [0.15, 0.2) is 0 Å².